The second-order valence-corrected chi connectivity index (χ2v) is 6.13. The molecular weight excluding hydrogens is 346 g/mol. The average molecular weight is 361 g/mol. The lowest BCUT2D eigenvalue weighted by Crippen LogP contribution is -2.22. The van der Waals surface area contributed by atoms with Gasteiger partial charge in [-0.25, -0.2) is 0 Å². The van der Waals surface area contributed by atoms with Crippen molar-refractivity contribution in [2.75, 3.05) is 13.7 Å². The van der Waals surface area contributed by atoms with Crippen LogP contribution in [0.15, 0.2) is 33.4 Å². The van der Waals surface area contributed by atoms with Crippen molar-refractivity contribution in [3.05, 3.63) is 49.6 Å². The van der Waals surface area contributed by atoms with Gasteiger partial charge in [0.15, 0.2) is 0 Å². The van der Waals surface area contributed by atoms with Crippen LogP contribution in [0.5, 0.6) is 5.75 Å². The first kappa shape index (κ1) is 14.9. The van der Waals surface area contributed by atoms with Crippen LogP contribution in [0.2, 0.25) is 5.02 Å². The van der Waals surface area contributed by atoms with E-state index in [0.29, 0.717) is 5.02 Å². The van der Waals surface area contributed by atoms with Crippen molar-refractivity contribution in [1.82, 2.24) is 5.32 Å². The van der Waals surface area contributed by atoms with Crippen molar-refractivity contribution in [2.45, 2.75) is 13.0 Å². The fourth-order valence-corrected chi connectivity index (χ4v) is 3.74. The van der Waals surface area contributed by atoms with Crippen LogP contribution in [0.1, 0.15) is 24.1 Å². The number of nitrogens with one attached hydrogen (secondary N) is 1. The second kappa shape index (κ2) is 6.75. The summed E-state index contributed by atoms with van der Waals surface area (Å²) in [6, 6.07) is 6.00. The minimum absolute atomic E-state index is 0.0844. The van der Waals surface area contributed by atoms with E-state index in [1.807, 2.05) is 12.1 Å². The maximum atomic E-state index is 6.17. The minimum atomic E-state index is 0.0844. The first-order chi connectivity index (χ1) is 9.17. The molecule has 102 valence electrons. The summed E-state index contributed by atoms with van der Waals surface area (Å²) in [5.41, 5.74) is 2.27. The molecule has 19 heavy (non-hydrogen) atoms. The van der Waals surface area contributed by atoms with Crippen LogP contribution in [-0.4, -0.2) is 13.7 Å². The molecule has 1 N–H and O–H groups in total. The zero-order valence-corrected chi connectivity index (χ0v) is 13.9. The summed E-state index contributed by atoms with van der Waals surface area (Å²) < 4.78 is 6.39. The molecule has 1 atom stereocenters. The fraction of sp³-hybridized carbons (Fsp3) is 0.286. The third-order valence-electron chi connectivity index (χ3n) is 2.84. The highest BCUT2D eigenvalue weighted by Crippen LogP contribution is 2.38. The highest BCUT2D eigenvalue weighted by molar-refractivity contribution is 9.10. The first-order valence-electron chi connectivity index (χ1n) is 5.95. The molecule has 1 heterocycles. The second-order valence-electron chi connectivity index (χ2n) is 4.06. The van der Waals surface area contributed by atoms with Crippen molar-refractivity contribution in [1.29, 1.82) is 0 Å². The van der Waals surface area contributed by atoms with Gasteiger partial charge in [0.1, 0.15) is 5.75 Å². The summed E-state index contributed by atoms with van der Waals surface area (Å²) in [6.07, 6.45) is 0. The van der Waals surface area contributed by atoms with Gasteiger partial charge in [0.05, 0.1) is 17.6 Å². The van der Waals surface area contributed by atoms with Gasteiger partial charge in [0.2, 0.25) is 0 Å². The van der Waals surface area contributed by atoms with Gasteiger partial charge >= 0.3 is 0 Å². The normalized spacial score (nSPS) is 12.4. The number of methoxy groups -OCH3 is 1. The lowest BCUT2D eigenvalue weighted by atomic mass is 10.00. The van der Waals surface area contributed by atoms with Crippen LogP contribution in [0, 0.1) is 0 Å². The van der Waals surface area contributed by atoms with Crippen LogP contribution >= 0.6 is 38.9 Å². The molecule has 2 nitrogen and oxygen atoms in total. The zero-order chi connectivity index (χ0) is 13.8. The van der Waals surface area contributed by atoms with Gasteiger partial charge in [0, 0.05) is 10.6 Å². The minimum Gasteiger partial charge on any atom is -0.495 e. The Bertz CT molecular complexity index is 545. The van der Waals surface area contributed by atoms with Crippen LogP contribution in [0.4, 0.5) is 0 Å². The van der Waals surface area contributed by atoms with Gasteiger partial charge in [-0.3, -0.25) is 0 Å². The summed E-state index contributed by atoms with van der Waals surface area (Å²) >= 11 is 11.4. The molecule has 0 fully saturated rings. The van der Waals surface area contributed by atoms with E-state index in [1.54, 1.807) is 18.4 Å². The third-order valence-corrected chi connectivity index (χ3v) is 4.35. The molecule has 2 aromatic rings. The standard InChI is InChI=1S/C14H15BrClNOS/c1-3-17-13(9-4-5-19-8-9)11-6-10(16)7-12(15)14(11)18-2/h4-8,13,17H,3H2,1-2H3. The zero-order valence-electron chi connectivity index (χ0n) is 10.7. The molecule has 0 radical (unpaired) electrons. The van der Waals surface area contributed by atoms with E-state index < -0.39 is 0 Å². The number of hydrogen-bond donors (Lipinski definition) is 1. The molecule has 0 bridgehead atoms. The number of halogens is 2. The van der Waals surface area contributed by atoms with E-state index in [1.165, 1.54) is 5.56 Å². The van der Waals surface area contributed by atoms with Gasteiger partial charge in [0.25, 0.3) is 0 Å². The predicted octanol–water partition coefficient (Wildman–Crippen LogP) is 4.87. The first-order valence-corrected chi connectivity index (χ1v) is 8.07. The summed E-state index contributed by atoms with van der Waals surface area (Å²) in [4.78, 5) is 0. The Morgan fingerprint density at radius 1 is 1.47 bits per heavy atom. The van der Waals surface area contributed by atoms with Crippen LogP contribution < -0.4 is 10.1 Å². The number of ether oxygens (including phenoxy) is 1. The molecule has 0 saturated carbocycles. The Labute approximate surface area is 130 Å². The monoisotopic (exact) mass is 359 g/mol. The van der Waals surface area contributed by atoms with E-state index >= 15 is 0 Å². The summed E-state index contributed by atoms with van der Waals surface area (Å²) in [5.74, 6) is 0.821. The average Bonchev–Trinajstić information content (AvgIpc) is 2.88. The van der Waals surface area contributed by atoms with E-state index in [9.17, 15) is 0 Å². The molecule has 1 aromatic heterocycles. The van der Waals surface area contributed by atoms with E-state index in [4.69, 9.17) is 16.3 Å². The van der Waals surface area contributed by atoms with Gasteiger partial charge in [-0.2, -0.15) is 11.3 Å². The van der Waals surface area contributed by atoms with Crippen LogP contribution in [0.3, 0.4) is 0 Å². The number of hydrogen-bond acceptors (Lipinski definition) is 3. The quantitative estimate of drug-likeness (QED) is 0.821. The summed E-state index contributed by atoms with van der Waals surface area (Å²) in [5, 5.41) is 8.39. The Kier molecular flexibility index (Phi) is 5.28. The van der Waals surface area contributed by atoms with Gasteiger partial charge in [-0.05, 0) is 57.0 Å². The highest BCUT2D eigenvalue weighted by atomic mass is 79.9. The molecule has 5 heteroatoms. The largest absolute Gasteiger partial charge is 0.495 e. The van der Waals surface area contributed by atoms with Crippen LogP contribution in [-0.2, 0) is 0 Å². The molecular formula is C14H15BrClNOS. The Morgan fingerprint density at radius 3 is 2.84 bits per heavy atom. The van der Waals surface area contributed by atoms with Gasteiger partial charge in [-0.15, -0.1) is 0 Å². The smallest absolute Gasteiger partial charge is 0.138 e. The van der Waals surface area contributed by atoms with Crippen molar-refractivity contribution in [2.24, 2.45) is 0 Å². The van der Waals surface area contributed by atoms with Crippen LogP contribution in [0.25, 0.3) is 0 Å². The predicted molar refractivity (Wildman–Crippen MR) is 85.5 cm³/mol. The third kappa shape index (κ3) is 3.31. The topological polar surface area (TPSA) is 21.3 Å². The molecule has 1 aromatic carbocycles. The lowest BCUT2D eigenvalue weighted by Gasteiger charge is -2.21. The van der Waals surface area contributed by atoms with E-state index in [2.05, 4.69) is 45.0 Å². The maximum absolute atomic E-state index is 6.17. The Balaban J connectivity index is 2.53. The Hall–Kier alpha value is -0.550. The summed E-state index contributed by atoms with van der Waals surface area (Å²) in [6.45, 7) is 2.96. The molecule has 0 aliphatic carbocycles. The van der Waals surface area contributed by atoms with Crippen molar-refractivity contribution in [3.8, 4) is 5.75 Å². The van der Waals surface area contributed by atoms with Gasteiger partial charge in [-0.1, -0.05) is 18.5 Å². The van der Waals surface area contributed by atoms with Gasteiger partial charge < -0.3 is 10.1 Å². The van der Waals surface area contributed by atoms with E-state index in [-0.39, 0.29) is 6.04 Å². The molecule has 2 rings (SSSR count). The summed E-state index contributed by atoms with van der Waals surface area (Å²) in [7, 11) is 1.67. The maximum Gasteiger partial charge on any atom is 0.138 e. The van der Waals surface area contributed by atoms with Crippen molar-refractivity contribution < 1.29 is 4.74 Å². The molecule has 0 aliphatic heterocycles. The lowest BCUT2D eigenvalue weighted by molar-refractivity contribution is 0.402. The molecule has 0 saturated heterocycles. The molecule has 0 aliphatic rings. The fourth-order valence-electron chi connectivity index (χ4n) is 2.06. The van der Waals surface area contributed by atoms with Crippen molar-refractivity contribution >= 4 is 38.9 Å². The number of thiophene rings is 1. The SMILES string of the molecule is CCNC(c1ccsc1)c1cc(Cl)cc(Br)c1OC. The number of benzene rings is 1. The highest BCUT2D eigenvalue weighted by Gasteiger charge is 2.20. The van der Waals surface area contributed by atoms with Crippen molar-refractivity contribution in [3.63, 3.8) is 0 Å². The Morgan fingerprint density at radius 2 is 2.26 bits per heavy atom. The molecule has 0 amide bonds. The van der Waals surface area contributed by atoms with E-state index in [0.717, 1.165) is 22.3 Å². The molecule has 1 unspecified atom stereocenters. The number of rotatable bonds is 5. The molecule has 0 spiro atoms.